The van der Waals surface area contributed by atoms with Gasteiger partial charge < -0.3 is 15.0 Å². The van der Waals surface area contributed by atoms with Gasteiger partial charge in [-0.2, -0.15) is 0 Å². The van der Waals surface area contributed by atoms with E-state index in [1.54, 1.807) is 17.0 Å². The summed E-state index contributed by atoms with van der Waals surface area (Å²) in [4.78, 5) is 14.6. The summed E-state index contributed by atoms with van der Waals surface area (Å²) in [5, 5.41) is 3.08. The highest BCUT2D eigenvalue weighted by atomic mass is 19.1. The number of ether oxygens (including phenoxy) is 1. The molecule has 1 saturated heterocycles. The van der Waals surface area contributed by atoms with E-state index in [9.17, 15) is 9.18 Å². The Morgan fingerprint density at radius 1 is 1.03 bits per heavy atom. The fourth-order valence-corrected chi connectivity index (χ4v) is 3.47. The largest absolute Gasteiger partial charge is 0.379 e. The molecule has 1 aliphatic rings. The molecule has 0 radical (unpaired) electrons. The number of nitrogens with zero attached hydrogens (tertiary/aromatic N) is 1. The normalized spacial score (nSPS) is 16.4. The first-order chi connectivity index (χ1) is 14.2. The zero-order valence-electron chi connectivity index (χ0n) is 16.1. The number of carbonyl (C=O) groups is 1. The van der Waals surface area contributed by atoms with Gasteiger partial charge in [-0.05, 0) is 29.3 Å². The van der Waals surface area contributed by atoms with Crippen molar-refractivity contribution in [1.29, 1.82) is 0 Å². The van der Waals surface area contributed by atoms with Crippen LogP contribution in [0.25, 0.3) is 0 Å². The van der Waals surface area contributed by atoms with Gasteiger partial charge in [-0.1, -0.05) is 60.7 Å². The molecule has 4 rings (SSSR count). The van der Waals surface area contributed by atoms with Gasteiger partial charge >= 0.3 is 0 Å². The van der Waals surface area contributed by atoms with Gasteiger partial charge in [0.1, 0.15) is 11.9 Å². The van der Waals surface area contributed by atoms with Gasteiger partial charge in [0.2, 0.25) is 0 Å². The molecule has 148 valence electrons. The Morgan fingerprint density at radius 3 is 2.48 bits per heavy atom. The summed E-state index contributed by atoms with van der Waals surface area (Å²) in [7, 11) is 0. The second-order valence-electron chi connectivity index (χ2n) is 7.06. The third-order valence-corrected chi connectivity index (χ3v) is 5.07. The molecule has 5 heteroatoms. The van der Waals surface area contributed by atoms with E-state index >= 15 is 0 Å². The fourth-order valence-electron chi connectivity index (χ4n) is 3.47. The molecule has 29 heavy (non-hydrogen) atoms. The Kier molecular flexibility index (Phi) is 5.86. The van der Waals surface area contributed by atoms with Gasteiger partial charge in [-0.25, -0.2) is 4.39 Å². The molecule has 0 saturated carbocycles. The second-order valence-corrected chi connectivity index (χ2v) is 7.06. The quantitative estimate of drug-likeness (QED) is 0.689. The Morgan fingerprint density at radius 2 is 1.76 bits per heavy atom. The number of hydrogen-bond acceptors (Lipinski definition) is 3. The van der Waals surface area contributed by atoms with Crippen LogP contribution >= 0.6 is 0 Å². The van der Waals surface area contributed by atoms with Crippen LogP contribution in [0.1, 0.15) is 27.6 Å². The van der Waals surface area contributed by atoms with Crippen molar-refractivity contribution in [3.63, 3.8) is 0 Å². The maximum Gasteiger partial charge on any atom is 0.254 e. The smallest absolute Gasteiger partial charge is 0.254 e. The Bertz CT molecular complexity index is 963. The van der Waals surface area contributed by atoms with Crippen LogP contribution in [0.5, 0.6) is 0 Å². The summed E-state index contributed by atoms with van der Waals surface area (Å²) in [6, 6.07) is 24.2. The van der Waals surface area contributed by atoms with Crippen molar-refractivity contribution >= 4 is 11.6 Å². The highest BCUT2D eigenvalue weighted by molar-refractivity contribution is 5.94. The average molecular weight is 390 g/mol. The molecule has 3 aromatic carbocycles. The molecule has 0 aromatic heterocycles. The Labute approximate surface area is 169 Å². The lowest BCUT2D eigenvalue weighted by molar-refractivity contribution is -0.0228. The maximum absolute atomic E-state index is 14.6. The number of halogens is 1. The molecule has 1 atom stereocenters. The van der Waals surface area contributed by atoms with Gasteiger partial charge in [0.25, 0.3) is 5.91 Å². The van der Waals surface area contributed by atoms with Crippen molar-refractivity contribution in [3.8, 4) is 0 Å². The molecule has 3 aromatic rings. The second kappa shape index (κ2) is 8.88. The molecule has 1 fully saturated rings. The standard InChI is InChI=1S/C24H23FN2O2/c25-21-15-20(11-12-22(21)26-16-18-7-3-1-4-8-18)24(28)27-13-14-29-23(17-27)19-9-5-2-6-10-19/h1-12,15,23,26H,13-14,16-17H2. The van der Waals surface area contributed by atoms with Crippen LogP contribution in [0, 0.1) is 5.82 Å². The van der Waals surface area contributed by atoms with Gasteiger partial charge in [0, 0.05) is 18.7 Å². The third kappa shape index (κ3) is 4.63. The van der Waals surface area contributed by atoms with Gasteiger partial charge in [0.15, 0.2) is 0 Å². The summed E-state index contributed by atoms with van der Waals surface area (Å²) >= 11 is 0. The van der Waals surface area contributed by atoms with E-state index in [-0.39, 0.29) is 12.0 Å². The minimum Gasteiger partial charge on any atom is -0.379 e. The lowest BCUT2D eigenvalue weighted by Crippen LogP contribution is -2.42. The van der Waals surface area contributed by atoms with E-state index in [2.05, 4.69) is 5.32 Å². The molecular weight excluding hydrogens is 367 g/mol. The number of amides is 1. The molecule has 1 N–H and O–H groups in total. The summed E-state index contributed by atoms with van der Waals surface area (Å²) < 4.78 is 20.4. The molecule has 1 amide bonds. The van der Waals surface area contributed by atoms with Crippen LogP contribution in [0.3, 0.4) is 0 Å². The summed E-state index contributed by atoms with van der Waals surface area (Å²) in [5.41, 5.74) is 2.83. The minimum absolute atomic E-state index is 0.162. The first-order valence-corrected chi connectivity index (χ1v) is 9.74. The topological polar surface area (TPSA) is 41.6 Å². The lowest BCUT2D eigenvalue weighted by Gasteiger charge is -2.33. The molecule has 0 spiro atoms. The number of rotatable bonds is 5. The molecule has 0 aliphatic carbocycles. The summed E-state index contributed by atoms with van der Waals surface area (Å²) in [5.74, 6) is -0.609. The number of morpholine rings is 1. The monoisotopic (exact) mass is 390 g/mol. The Balaban J connectivity index is 1.42. The third-order valence-electron chi connectivity index (χ3n) is 5.07. The number of anilines is 1. The highest BCUT2D eigenvalue weighted by Crippen LogP contribution is 2.24. The van der Waals surface area contributed by atoms with Crippen molar-refractivity contribution in [1.82, 2.24) is 4.90 Å². The highest BCUT2D eigenvalue weighted by Gasteiger charge is 2.26. The van der Waals surface area contributed by atoms with Crippen LogP contribution in [0.4, 0.5) is 10.1 Å². The zero-order chi connectivity index (χ0) is 20.1. The van der Waals surface area contributed by atoms with E-state index in [4.69, 9.17) is 4.74 Å². The molecular formula is C24H23FN2O2. The van der Waals surface area contributed by atoms with Crippen LogP contribution in [-0.4, -0.2) is 30.5 Å². The van der Waals surface area contributed by atoms with E-state index in [1.165, 1.54) is 6.07 Å². The van der Waals surface area contributed by atoms with Crippen molar-refractivity contribution in [2.75, 3.05) is 25.0 Å². The Hall–Kier alpha value is -3.18. The van der Waals surface area contributed by atoms with Crippen molar-refractivity contribution < 1.29 is 13.9 Å². The number of hydrogen-bond donors (Lipinski definition) is 1. The van der Waals surface area contributed by atoms with Crippen molar-refractivity contribution in [2.24, 2.45) is 0 Å². The van der Waals surface area contributed by atoms with Crippen LogP contribution in [0.2, 0.25) is 0 Å². The average Bonchev–Trinajstić information content (AvgIpc) is 2.79. The van der Waals surface area contributed by atoms with Crippen LogP contribution < -0.4 is 5.32 Å². The van der Waals surface area contributed by atoms with E-state index in [0.717, 1.165) is 11.1 Å². The first kappa shape index (κ1) is 19.2. The molecule has 0 bridgehead atoms. The van der Waals surface area contributed by atoms with Crippen molar-refractivity contribution in [3.05, 3.63) is 101 Å². The van der Waals surface area contributed by atoms with Crippen LogP contribution in [0.15, 0.2) is 78.9 Å². The summed E-state index contributed by atoms with van der Waals surface area (Å²) in [6.45, 7) is 1.94. The predicted octanol–water partition coefficient (Wildman–Crippen LogP) is 4.65. The zero-order valence-corrected chi connectivity index (χ0v) is 16.1. The minimum atomic E-state index is -0.431. The molecule has 1 aliphatic heterocycles. The number of nitrogens with one attached hydrogen (secondary N) is 1. The van der Waals surface area contributed by atoms with Gasteiger partial charge in [-0.3, -0.25) is 4.79 Å². The predicted molar refractivity (Wildman–Crippen MR) is 111 cm³/mol. The van der Waals surface area contributed by atoms with E-state index in [0.29, 0.717) is 37.5 Å². The van der Waals surface area contributed by atoms with E-state index in [1.807, 2.05) is 60.7 Å². The van der Waals surface area contributed by atoms with Crippen LogP contribution in [-0.2, 0) is 11.3 Å². The van der Waals surface area contributed by atoms with Crippen molar-refractivity contribution in [2.45, 2.75) is 12.6 Å². The fraction of sp³-hybridized carbons (Fsp3) is 0.208. The number of carbonyl (C=O) groups excluding carboxylic acids is 1. The molecule has 4 nitrogen and oxygen atoms in total. The SMILES string of the molecule is O=C(c1ccc(NCc2ccccc2)c(F)c1)N1CCOC(c2ccccc2)C1. The molecule has 1 unspecified atom stereocenters. The maximum atomic E-state index is 14.6. The lowest BCUT2D eigenvalue weighted by atomic mass is 10.1. The molecule has 1 heterocycles. The van der Waals surface area contributed by atoms with Gasteiger partial charge in [-0.15, -0.1) is 0 Å². The first-order valence-electron chi connectivity index (χ1n) is 9.74. The number of benzene rings is 3. The van der Waals surface area contributed by atoms with Gasteiger partial charge in [0.05, 0.1) is 18.8 Å². The van der Waals surface area contributed by atoms with E-state index < -0.39 is 5.82 Å². The summed E-state index contributed by atoms with van der Waals surface area (Å²) in [6.07, 6.45) is -0.162.